The van der Waals surface area contributed by atoms with E-state index in [0.29, 0.717) is 30.8 Å². The summed E-state index contributed by atoms with van der Waals surface area (Å²) in [5.74, 6) is 2.97. The molecule has 1 heterocycles. The van der Waals surface area contributed by atoms with Crippen LogP contribution in [0.15, 0.2) is 0 Å². The van der Waals surface area contributed by atoms with Crippen LogP contribution in [0, 0.1) is 29.6 Å². The monoisotopic (exact) mass is 277 g/mol. The molecule has 1 amide bonds. The summed E-state index contributed by atoms with van der Waals surface area (Å²) in [6.07, 6.45) is 7.03. The third kappa shape index (κ3) is 1.80. The molecule has 1 aliphatic heterocycles. The average molecular weight is 277 g/mol. The van der Waals surface area contributed by atoms with Crippen molar-refractivity contribution in [3.05, 3.63) is 0 Å². The van der Waals surface area contributed by atoms with E-state index in [9.17, 15) is 9.59 Å². The van der Waals surface area contributed by atoms with Crippen molar-refractivity contribution >= 4 is 11.9 Å². The van der Waals surface area contributed by atoms with Gasteiger partial charge in [-0.2, -0.15) is 0 Å². The van der Waals surface area contributed by atoms with Gasteiger partial charge in [0.2, 0.25) is 5.91 Å². The van der Waals surface area contributed by atoms with Crippen LogP contribution in [0.25, 0.3) is 0 Å². The molecule has 5 fully saturated rings. The predicted octanol–water partition coefficient (Wildman–Crippen LogP) is 1.83. The van der Waals surface area contributed by atoms with Gasteiger partial charge in [0.1, 0.15) is 0 Å². The predicted molar refractivity (Wildman–Crippen MR) is 72.7 cm³/mol. The molecule has 1 atom stereocenters. The first kappa shape index (κ1) is 12.7. The van der Waals surface area contributed by atoms with Crippen LogP contribution >= 0.6 is 0 Å². The molecule has 0 aromatic carbocycles. The lowest BCUT2D eigenvalue weighted by atomic mass is 9.54. The number of ether oxygens (including phenoxy) is 1. The lowest BCUT2D eigenvalue weighted by Crippen LogP contribution is -2.56. The Bertz CT molecular complexity index is 419. The van der Waals surface area contributed by atoms with Crippen molar-refractivity contribution < 1.29 is 14.3 Å². The van der Waals surface area contributed by atoms with Gasteiger partial charge in [0.25, 0.3) is 0 Å². The van der Waals surface area contributed by atoms with E-state index in [0.717, 1.165) is 11.8 Å². The molecule has 0 radical (unpaired) electrons. The fraction of sp³-hybridized carbons (Fsp3) is 0.875. The number of esters is 1. The second kappa shape index (κ2) is 4.47. The SMILES string of the molecule is COC(=O)[C@H]1CC(=O)N(C2C3CC4CC(C3)CC2C4)C1. The number of rotatable bonds is 2. The number of methoxy groups -OCH3 is 1. The topological polar surface area (TPSA) is 46.6 Å². The lowest BCUT2D eigenvalue weighted by Gasteiger charge is -2.56. The molecule has 4 saturated carbocycles. The smallest absolute Gasteiger partial charge is 0.310 e. The van der Waals surface area contributed by atoms with E-state index in [4.69, 9.17) is 4.74 Å². The summed E-state index contributed by atoms with van der Waals surface area (Å²) < 4.78 is 4.82. The number of amides is 1. The summed E-state index contributed by atoms with van der Waals surface area (Å²) in [4.78, 5) is 26.1. The maximum Gasteiger partial charge on any atom is 0.310 e. The van der Waals surface area contributed by atoms with E-state index in [1.807, 2.05) is 0 Å². The lowest BCUT2D eigenvalue weighted by molar-refractivity contribution is -0.145. The van der Waals surface area contributed by atoms with Crippen LogP contribution in [0.1, 0.15) is 38.5 Å². The fourth-order valence-corrected chi connectivity index (χ4v) is 5.75. The molecule has 0 spiro atoms. The molecule has 4 aliphatic carbocycles. The van der Waals surface area contributed by atoms with Gasteiger partial charge in [-0.25, -0.2) is 0 Å². The Morgan fingerprint density at radius 2 is 1.70 bits per heavy atom. The van der Waals surface area contributed by atoms with Crippen molar-refractivity contribution in [2.24, 2.45) is 29.6 Å². The van der Waals surface area contributed by atoms with Gasteiger partial charge >= 0.3 is 5.97 Å². The Hall–Kier alpha value is -1.06. The minimum absolute atomic E-state index is 0.179. The molecule has 4 nitrogen and oxygen atoms in total. The summed E-state index contributed by atoms with van der Waals surface area (Å²) in [6, 6.07) is 0.421. The highest BCUT2D eigenvalue weighted by Crippen LogP contribution is 2.55. The Kier molecular flexibility index (Phi) is 2.83. The van der Waals surface area contributed by atoms with Crippen LogP contribution in [0.5, 0.6) is 0 Å². The average Bonchev–Trinajstić information content (AvgIpc) is 2.79. The van der Waals surface area contributed by atoms with Crippen molar-refractivity contribution in [2.45, 2.75) is 44.6 Å². The van der Waals surface area contributed by atoms with Crippen LogP contribution in [-0.4, -0.2) is 36.5 Å². The molecule has 110 valence electrons. The standard InChI is InChI=1S/C16H23NO3/c1-20-16(19)13-7-14(18)17(8-13)15-11-3-9-2-10(5-11)6-12(15)4-9/h9-13,15H,2-8H2,1H3/t9?,10?,11?,12?,13-,15?/m0/s1. The van der Waals surface area contributed by atoms with Crippen LogP contribution < -0.4 is 0 Å². The molecule has 0 N–H and O–H groups in total. The Morgan fingerprint density at radius 1 is 1.10 bits per heavy atom. The molecule has 5 rings (SSSR count). The van der Waals surface area contributed by atoms with Crippen molar-refractivity contribution in [3.8, 4) is 0 Å². The minimum atomic E-state index is -0.232. The molecular weight excluding hydrogens is 254 g/mol. The highest BCUT2D eigenvalue weighted by molar-refractivity contribution is 5.87. The van der Waals surface area contributed by atoms with Crippen LogP contribution in [0.3, 0.4) is 0 Å². The maximum absolute atomic E-state index is 12.3. The molecule has 0 aromatic rings. The van der Waals surface area contributed by atoms with Crippen molar-refractivity contribution in [1.82, 2.24) is 4.90 Å². The Labute approximate surface area is 119 Å². The summed E-state index contributed by atoms with van der Waals surface area (Å²) in [5.41, 5.74) is 0. The Balaban J connectivity index is 1.53. The zero-order valence-corrected chi connectivity index (χ0v) is 12.1. The molecule has 20 heavy (non-hydrogen) atoms. The first-order chi connectivity index (χ1) is 9.65. The number of carbonyl (C=O) groups excluding carboxylic acids is 2. The minimum Gasteiger partial charge on any atom is -0.469 e. The quantitative estimate of drug-likeness (QED) is 0.723. The number of nitrogens with zero attached hydrogens (tertiary/aromatic N) is 1. The molecule has 0 aromatic heterocycles. The summed E-state index contributed by atoms with van der Waals surface area (Å²) in [6.45, 7) is 0.596. The van der Waals surface area contributed by atoms with E-state index in [2.05, 4.69) is 4.90 Å². The normalized spacial score (nSPS) is 46.0. The van der Waals surface area contributed by atoms with Gasteiger partial charge in [-0.15, -0.1) is 0 Å². The molecule has 4 heteroatoms. The van der Waals surface area contributed by atoms with E-state index in [1.165, 1.54) is 39.2 Å². The van der Waals surface area contributed by atoms with Gasteiger partial charge in [-0.1, -0.05) is 0 Å². The molecule has 4 bridgehead atoms. The van der Waals surface area contributed by atoms with E-state index >= 15 is 0 Å². The van der Waals surface area contributed by atoms with Crippen LogP contribution in [0.2, 0.25) is 0 Å². The zero-order chi connectivity index (χ0) is 13.9. The third-order valence-corrected chi connectivity index (χ3v) is 6.23. The van der Waals surface area contributed by atoms with Crippen LogP contribution in [0.4, 0.5) is 0 Å². The van der Waals surface area contributed by atoms with E-state index in [1.54, 1.807) is 0 Å². The van der Waals surface area contributed by atoms with Gasteiger partial charge in [-0.05, 0) is 55.8 Å². The number of hydrogen-bond donors (Lipinski definition) is 0. The van der Waals surface area contributed by atoms with Gasteiger partial charge in [0.15, 0.2) is 0 Å². The molecular formula is C16H23NO3. The van der Waals surface area contributed by atoms with Gasteiger partial charge in [0, 0.05) is 19.0 Å². The van der Waals surface area contributed by atoms with Gasteiger partial charge in [-0.3, -0.25) is 9.59 Å². The largest absolute Gasteiger partial charge is 0.469 e. The molecule has 1 saturated heterocycles. The maximum atomic E-state index is 12.3. The first-order valence-electron chi connectivity index (χ1n) is 8.03. The summed E-state index contributed by atoms with van der Waals surface area (Å²) in [7, 11) is 1.42. The summed E-state index contributed by atoms with van der Waals surface area (Å²) in [5, 5.41) is 0. The zero-order valence-electron chi connectivity index (χ0n) is 12.1. The second-order valence-electron chi connectivity index (χ2n) is 7.39. The van der Waals surface area contributed by atoms with Gasteiger partial charge in [0.05, 0.1) is 13.0 Å². The van der Waals surface area contributed by atoms with Crippen molar-refractivity contribution in [3.63, 3.8) is 0 Å². The highest BCUT2D eigenvalue weighted by atomic mass is 16.5. The summed E-state index contributed by atoms with van der Waals surface area (Å²) >= 11 is 0. The Morgan fingerprint density at radius 3 is 2.25 bits per heavy atom. The fourth-order valence-electron chi connectivity index (χ4n) is 5.75. The third-order valence-electron chi connectivity index (χ3n) is 6.23. The molecule has 5 aliphatic rings. The van der Waals surface area contributed by atoms with Crippen LogP contribution in [-0.2, 0) is 14.3 Å². The number of carbonyl (C=O) groups is 2. The van der Waals surface area contributed by atoms with E-state index in [-0.39, 0.29) is 17.8 Å². The van der Waals surface area contributed by atoms with Crippen molar-refractivity contribution in [2.75, 3.05) is 13.7 Å². The second-order valence-corrected chi connectivity index (χ2v) is 7.39. The first-order valence-corrected chi connectivity index (χ1v) is 8.03. The molecule has 0 unspecified atom stereocenters. The number of likely N-dealkylation sites (tertiary alicyclic amines) is 1. The number of hydrogen-bond acceptors (Lipinski definition) is 3. The van der Waals surface area contributed by atoms with Gasteiger partial charge < -0.3 is 9.64 Å². The van der Waals surface area contributed by atoms with Crippen molar-refractivity contribution in [1.29, 1.82) is 0 Å². The van der Waals surface area contributed by atoms with E-state index < -0.39 is 0 Å². The highest BCUT2D eigenvalue weighted by Gasteiger charge is 2.52.